The number of aryl methyl sites for hydroxylation is 1. The minimum Gasteiger partial charge on any atom is -0.306 e. The second-order valence-electron chi connectivity index (χ2n) is 7.11. The number of nitrogens with zero attached hydrogens (tertiary/aromatic N) is 2. The summed E-state index contributed by atoms with van der Waals surface area (Å²) in [6, 6.07) is 7.35. The maximum Gasteiger partial charge on any atom is 0.264 e. The fraction of sp³-hybridized carbons (Fsp3) is 0.381. The van der Waals surface area contributed by atoms with Gasteiger partial charge >= 0.3 is 0 Å². The van der Waals surface area contributed by atoms with Crippen molar-refractivity contribution in [3.8, 4) is 0 Å². The normalized spacial score (nSPS) is 17.9. The van der Waals surface area contributed by atoms with Crippen LogP contribution in [0.4, 0.5) is 8.78 Å². The molecule has 0 atom stereocenters. The zero-order chi connectivity index (χ0) is 18.3. The number of rotatable bonds is 1. The van der Waals surface area contributed by atoms with Crippen molar-refractivity contribution < 1.29 is 8.78 Å². The first kappa shape index (κ1) is 17.6. The maximum atomic E-state index is 13.6. The molecular weight excluding hydrogens is 354 g/mol. The number of likely N-dealkylation sites (tertiary alicyclic amines) is 1. The Kier molecular flexibility index (Phi) is 4.80. The average molecular weight is 375 g/mol. The largest absolute Gasteiger partial charge is 0.306 e. The number of benzene rings is 1. The van der Waals surface area contributed by atoms with Crippen molar-refractivity contribution in [3.63, 3.8) is 0 Å². The molecule has 1 aliphatic heterocycles. The highest BCUT2D eigenvalue weighted by molar-refractivity contribution is 6.30. The van der Waals surface area contributed by atoms with Gasteiger partial charge in [0.25, 0.3) is 6.43 Å². The summed E-state index contributed by atoms with van der Waals surface area (Å²) in [5.74, 6) is 0. The molecule has 1 aliphatic carbocycles. The van der Waals surface area contributed by atoms with E-state index in [1.807, 2.05) is 18.2 Å². The van der Waals surface area contributed by atoms with Crippen LogP contribution in [0.15, 0.2) is 36.0 Å². The Balaban J connectivity index is 1.96. The molecule has 2 heterocycles. The minimum atomic E-state index is -2.49. The van der Waals surface area contributed by atoms with E-state index in [1.165, 1.54) is 17.8 Å². The summed E-state index contributed by atoms with van der Waals surface area (Å²) in [5, 5.41) is 0.685. The van der Waals surface area contributed by atoms with E-state index >= 15 is 0 Å². The first-order valence-electron chi connectivity index (χ1n) is 9.00. The van der Waals surface area contributed by atoms with E-state index in [1.54, 1.807) is 0 Å². The molecule has 5 heteroatoms. The lowest BCUT2D eigenvalue weighted by atomic mass is 9.88. The number of hydrogen-bond acceptors (Lipinski definition) is 2. The van der Waals surface area contributed by atoms with Crippen LogP contribution in [-0.2, 0) is 12.8 Å². The van der Waals surface area contributed by atoms with Crippen LogP contribution in [0.5, 0.6) is 0 Å². The summed E-state index contributed by atoms with van der Waals surface area (Å²) in [7, 11) is 2.11. The lowest BCUT2D eigenvalue weighted by Gasteiger charge is -2.27. The van der Waals surface area contributed by atoms with Crippen molar-refractivity contribution in [2.75, 3.05) is 20.1 Å². The highest BCUT2D eigenvalue weighted by atomic mass is 35.5. The molecule has 0 radical (unpaired) electrons. The molecule has 1 aromatic carbocycles. The summed E-state index contributed by atoms with van der Waals surface area (Å²) in [6.45, 7) is 1.96. The summed E-state index contributed by atoms with van der Waals surface area (Å²) in [6.07, 6.45) is 2.18. The third-order valence-electron chi connectivity index (χ3n) is 5.49. The van der Waals surface area contributed by atoms with E-state index < -0.39 is 6.43 Å². The highest BCUT2D eigenvalue weighted by Gasteiger charge is 2.27. The van der Waals surface area contributed by atoms with Crippen molar-refractivity contribution in [2.45, 2.75) is 32.1 Å². The monoisotopic (exact) mass is 374 g/mol. The summed E-state index contributed by atoms with van der Waals surface area (Å²) in [5.41, 5.74) is 6.14. The number of pyridine rings is 1. The van der Waals surface area contributed by atoms with Gasteiger partial charge in [0.15, 0.2) is 0 Å². The standard InChI is InChI=1S/C21H21ClF2N2/c1-26-10-7-13(8-11-26)19-16-5-3-15(22)12-14(16)2-4-17-18(21(23)24)6-9-25-20(17)19/h3,5-6,9,12,21H,2,4,7-8,10-11H2,1H3. The predicted octanol–water partition coefficient (Wildman–Crippen LogP) is 5.30. The SMILES string of the molecule is CN1CCC(=C2c3ccc(Cl)cc3CCc3c(C(F)F)ccnc32)CC1. The highest BCUT2D eigenvalue weighted by Crippen LogP contribution is 2.40. The van der Waals surface area contributed by atoms with E-state index in [-0.39, 0.29) is 5.56 Å². The molecule has 0 amide bonds. The molecular formula is C21H21ClF2N2. The Morgan fingerprint density at radius 1 is 1.08 bits per heavy atom. The Morgan fingerprint density at radius 2 is 1.85 bits per heavy atom. The molecule has 2 nitrogen and oxygen atoms in total. The number of halogens is 3. The molecule has 2 aromatic rings. The van der Waals surface area contributed by atoms with Crippen LogP contribution in [0, 0.1) is 0 Å². The van der Waals surface area contributed by atoms with Crippen molar-refractivity contribution >= 4 is 17.2 Å². The van der Waals surface area contributed by atoms with Gasteiger partial charge in [0, 0.05) is 35.4 Å². The zero-order valence-corrected chi connectivity index (χ0v) is 15.5. The van der Waals surface area contributed by atoms with Gasteiger partial charge in [-0.15, -0.1) is 0 Å². The molecule has 0 unspecified atom stereocenters. The molecule has 0 N–H and O–H groups in total. The molecule has 1 saturated heterocycles. The second kappa shape index (κ2) is 7.09. The maximum absolute atomic E-state index is 13.6. The summed E-state index contributed by atoms with van der Waals surface area (Å²) >= 11 is 6.22. The van der Waals surface area contributed by atoms with Crippen molar-refractivity contribution in [1.29, 1.82) is 0 Å². The van der Waals surface area contributed by atoms with Crippen molar-refractivity contribution in [2.24, 2.45) is 0 Å². The second-order valence-corrected chi connectivity index (χ2v) is 7.55. The Bertz CT molecular complexity index is 866. The van der Waals surface area contributed by atoms with Crippen LogP contribution in [0.1, 0.15) is 47.2 Å². The van der Waals surface area contributed by atoms with E-state index in [9.17, 15) is 8.78 Å². The van der Waals surface area contributed by atoms with Gasteiger partial charge in [-0.2, -0.15) is 0 Å². The summed E-state index contributed by atoms with van der Waals surface area (Å²) < 4.78 is 27.3. The lowest BCUT2D eigenvalue weighted by molar-refractivity contribution is 0.150. The van der Waals surface area contributed by atoms with Gasteiger partial charge in [0.2, 0.25) is 0 Å². The first-order valence-corrected chi connectivity index (χ1v) is 9.38. The van der Waals surface area contributed by atoms with Crippen LogP contribution in [0.2, 0.25) is 5.02 Å². The van der Waals surface area contributed by atoms with Gasteiger partial charge in [-0.25, -0.2) is 8.78 Å². The molecule has 0 saturated carbocycles. The Morgan fingerprint density at radius 3 is 2.58 bits per heavy atom. The topological polar surface area (TPSA) is 16.1 Å². The summed E-state index contributed by atoms with van der Waals surface area (Å²) in [4.78, 5) is 6.88. The third kappa shape index (κ3) is 3.17. The zero-order valence-electron chi connectivity index (χ0n) is 14.7. The average Bonchev–Trinajstić information content (AvgIpc) is 2.79. The number of aromatic nitrogens is 1. The van der Waals surface area contributed by atoms with Crippen molar-refractivity contribution in [1.82, 2.24) is 9.88 Å². The number of alkyl halides is 2. The fourth-order valence-corrected chi connectivity index (χ4v) is 4.28. The van der Waals surface area contributed by atoms with Gasteiger partial charge < -0.3 is 4.90 Å². The quantitative estimate of drug-likeness (QED) is 0.673. The first-order chi connectivity index (χ1) is 12.5. The molecule has 0 spiro atoms. The smallest absolute Gasteiger partial charge is 0.264 e. The Hall–Kier alpha value is -1.78. The number of hydrogen-bond donors (Lipinski definition) is 0. The van der Waals surface area contributed by atoms with Gasteiger partial charge in [0.1, 0.15) is 0 Å². The fourth-order valence-electron chi connectivity index (χ4n) is 4.09. The van der Waals surface area contributed by atoms with Crippen LogP contribution in [0.3, 0.4) is 0 Å². The number of fused-ring (bicyclic) bond motifs is 2. The molecule has 1 aromatic heterocycles. The lowest BCUT2D eigenvalue weighted by Crippen LogP contribution is -2.27. The molecule has 1 fully saturated rings. The molecule has 0 bridgehead atoms. The van der Waals surface area contributed by atoms with Crippen LogP contribution < -0.4 is 0 Å². The minimum absolute atomic E-state index is 0.111. The van der Waals surface area contributed by atoms with Crippen LogP contribution in [-0.4, -0.2) is 30.0 Å². The predicted molar refractivity (Wildman–Crippen MR) is 101 cm³/mol. The van der Waals surface area contributed by atoms with Gasteiger partial charge in [-0.05, 0) is 67.6 Å². The molecule has 136 valence electrons. The Labute approximate surface area is 157 Å². The van der Waals surface area contributed by atoms with Gasteiger partial charge in [0.05, 0.1) is 5.69 Å². The van der Waals surface area contributed by atoms with E-state index in [2.05, 4.69) is 16.9 Å². The van der Waals surface area contributed by atoms with E-state index in [4.69, 9.17) is 11.6 Å². The number of piperidine rings is 1. The van der Waals surface area contributed by atoms with Gasteiger partial charge in [-0.1, -0.05) is 23.2 Å². The van der Waals surface area contributed by atoms with Crippen LogP contribution >= 0.6 is 11.6 Å². The molecule has 26 heavy (non-hydrogen) atoms. The van der Waals surface area contributed by atoms with Crippen LogP contribution in [0.25, 0.3) is 5.57 Å². The molecule has 4 rings (SSSR count). The van der Waals surface area contributed by atoms with Gasteiger partial charge in [-0.3, -0.25) is 4.98 Å². The molecule has 2 aliphatic rings. The van der Waals surface area contributed by atoms with E-state index in [0.29, 0.717) is 23.4 Å². The van der Waals surface area contributed by atoms with Crippen molar-refractivity contribution in [3.05, 3.63) is 69.0 Å². The van der Waals surface area contributed by atoms with E-state index in [0.717, 1.165) is 48.3 Å². The third-order valence-corrected chi connectivity index (χ3v) is 5.72.